The van der Waals surface area contributed by atoms with E-state index in [-0.39, 0.29) is 11.5 Å². The Morgan fingerprint density at radius 1 is 1.29 bits per heavy atom. The van der Waals surface area contributed by atoms with Gasteiger partial charge in [-0.25, -0.2) is 4.79 Å². The summed E-state index contributed by atoms with van der Waals surface area (Å²) in [5, 5.41) is 8.53. The number of carboxylic acid groups (broad SMARTS) is 1. The summed E-state index contributed by atoms with van der Waals surface area (Å²) in [4.78, 5) is 21.9. The highest BCUT2D eigenvalue weighted by atomic mass is 16.5. The summed E-state index contributed by atoms with van der Waals surface area (Å²) in [7, 11) is 1.45. The van der Waals surface area contributed by atoms with Crippen LogP contribution >= 0.6 is 0 Å². The second kappa shape index (κ2) is 5.89. The van der Waals surface area contributed by atoms with Gasteiger partial charge >= 0.3 is 5.97 Å². The van der Waals surface area contributed by atoms with Gasteiger partial charge in [0.25, 0.3) is 0 Å². The molecule has 0 radical (unpaired) electrons. The van der Waals surface area contributed by atoms with E-state index in [1.165, 1.54) is 13.2 Å². The molecule has 0 aliphatic rings. The van der Waals surface area contributed by atoms with Crippen LogP contribution in [-0.2, 0) is 4.79 Å². The van der Waals surface area contributed by atoms with Crippen molar-refractivity contribution in [3.05, 3.63) is 23.8 Å². The molecule has 0 saturated carbocycles. The second-order valence-corrected chi connectivity index (χ2v) is 3.32. The number of hydrogen-bond donors (Lipinski definition) is 1. The van der Waals surface area contributed by atoms with Gasteiger partial charge in [0.2, 0.25) is 0 Å². The lowest BCUT2D eigenvalue weighted by Gasteiger charge is -2.10. The zero-order chi connectivity index (χ0) is 12.8. The lowest BCUT2D eigenvalue weighted by Crippen LogP contribution is -2.10. The summed E-state index contributed by atoms with van der Waals surface area (Å²) >= 11 is 0. The van der Waals surface area contributed by atoms with Crippen molar-refractivity contribution in [1.82, 2.24) is 0 Å². The molecule has 0 spiro atoms. The molecule has 0 saturated heterocycles. The van der Waals surface area contributed by atoms with Crippen molar-refractivity contribution in [2.45, 2.75) is 13.3 Å². The van der Waals surface area contributed by atoms with Crippen molar-refractivity contribution < 1.29 is 24.2 Å². The van der Waals surface area contributed by atoms with Crippen LogP contribution < -0.4 is 9.47 Å². The highest BCUT2D eigenvalue weighted by Crippen LogP contribution is 2.28. The topological polar surface area (TPSA) is 72.8 Å². The van der Waals surface area contributed by atoms with Gasteiger partial charge in [-0.05, 0) is 18.2 Å². The number of benzene rings is 1. The minimum Gasteiger partial charge on any atom is -0.493 e. The Labute approximate surface area is 99.0 Å². The van der Waals surface area contributed by atoms with Gasteiger partial charge in [0.15, 0.2) is 23.9 Å². The van der Waals surface area contributed by atoms with E-state index in [0.717, 1.165) is 0 Å². The molecule has 0 fully saturated rings. The number of rotatable bonds is 6. The van der Waals surface area contributed by atoms with Gasteiger partial charge in [0.1, 0.15) is 0 Å². The fraction of sp³-hybridized carbons (Fsp3) is 0.333. The molecule has 0 bridgehead atoms. The molecule has 0 aliphatic heterocycles. The average molecular weight is 238 g/mol. The molecule has 0 atom stereocenters. The molecule has 92 valence electrons. The third-order valence-corrected chi connectivity index (χ3v) is 2.16. The Balaban J connectivity index is 2.97. The lowest BCUT2D eigenvalue weighted by atomic mass is 10.1. The first-order chi connectivity index (χ1) is 8.08. The molecular formula is C12H14O5. The van der Waals surface area contributed by atoms with E-state index in [1.807, 2.05) is 0 Å². The van der Waals surface area contributed by atoms with Crippen LogP contribution in [0.5, 0.6) is 11.5 Å². The molecule has 1 aromatic carbocycles. The zero-order valence-corrected chi connectivity index (χ0v) is 9.73. The summed E-state index contributed by atoms with van der Waals surface area (Å²) in [5.41, 5.74) is 0.480. The monoisotopic (exact) mass is 238 g/mol. The first kappa shape index (κ1) is 13.0. The zero-order valence-electron chi connectivity index (χ0n) is 9.73. The van der Waals surface area contributed by atoms with Crippen LogP contribution in [0.15, 0.2) is 18.2 Å². The predicted octanol–water partition coefficient (Wildman–Crippen LogP) is 1.75. The fourth-order valence-electron chi connectivity index (χ4n) is 1.31. The predicted molar refractivity (Wildman–Crippen MR) is 60.7 cm³/mol. The van der Waals surface area contributed by atoms with Crippen LogP contribution in [0.3, 0.4) is 0 Å². The molecule has 0 unspecified atom stereocenters. The third kappa shape index (κ3) is 3.48. The largest absolute Gasteiger partial charge is 0.493 e. The average Bonchev–Trinajstić information content (AvgIpc) is 2.34. The van der Waals surface area contributed by atoms with Crippen LogP contribution in [0.2, 0.25) is 0 Å². The molecule has 17 heavy (non-hydrogen) atoms. The highest BCUT2D eigenvalue weighted by Gasteiger charge is 2.11. The van der Waals surface area contributed by atoms with Gasteiger partial charge in [0.05, 0.1) is 7.11 Å². The Bertz CT molecular complexity index is 425. The van der Waals surface area contributed by atoms with Gasteiger partial charge in [-0.1, -0.05) is 6.92 Å². The quantitative estimate of drug-likeness (QED) is 0.764. The van der Waals surface area contributed by atoms with Crippen molar-refractivity contribution in [2.75, 3.05) is 13.7 Å². The Morgan fingerprint density at radius 2 is 2.00 bits per heavy atom. The van der Waals surface area contributed by atoms with E-state index in [2.05, 4.69) is 0 Å². The number of methoxy groups -OCH3 is 1. The van der Waals surface area contributed by atoms with Crippen molar-refractivity contribution in [1.29, 1.82) is 0 Å². The molecule has 1 rings (SSSR count). The van der Waals surface area contributed by atoms with Crippen molar-refractivity contribution in [3.8, 4) is 11.5 Å². The normalized spacial score (nSPS) is 9.76. The van der Waals surface area contributed by atoms with Crippen LogP contribution in [-0.4, -0.2) is 30.6 Å². The first-order valence-corrected chi connectivity index (χ1v) is 5.14. The van der Waals surface area contributed by atoms with E-state index in [1.54, 1.807) is 19.1 Å². The maximum atomic E-state index is 11.5. The summed E-state index contributed by atoms with van der Waals surface area (Å²) in [6, 6.07) is 4.70. The summed E-state index contributed by atoms with van der Waals surface area (Å²) < 4.78 is 10.1. The van der Waals surface area contributed by atoms with Crippen LogP contribution in [0.25, 0.3) is 0 Å². The number of ketones is 1. The molecule has 1 aromatic rings. The second-order valence-electron chi connectivity index (χ2n) is 3.32. The maximum Gasteiger partial charge on any atom is 0.341 e. The number of Topliss-reactive ketones (excluding diaryl/α,β-unsaturated/α-hetero) is 1. The molecule has 5 nitrogen and oxygen atoms in total. The standard InChI is InChI=1S/C12H14O5/c1-3-9(13)8-4-5-10(16-2)11(6-8)17-7-12(14)15/h4-6H,3,7H2,1-2H3,(H,14,15). The van der Waals surface area contributed by atoms with Gasteiger partial charge in [-0.2, -0.15) is 0 Å². The molecule has 0 aliphatic carbocycles. The summed E-state index contributed by atoms with van der Waals surface area (Å²) in [6.45, 7) is 1.28. The lowest BCUT2D eigenvalue weighted by molar-refractivity contribution is -0.139. The molecule has 0 amide bonds. The molecular weight excluding hydrogens is 224 g/mol. The van der Waals surface area contributed by atoms with E-state index in [9.17, 15) is 9.59 Å². The minimum atomic E-state index is -1.08. The number of ether oxygens (including phenoxy) is 2. The van der Waals surface area contributed by atoms with Crippen LogP contribution in [0.4, 0.5) is 0 Å². The van der Waals surface area contributed by atoms with E-state index < -0.39 is 12.6 Å². The molecule has 0 aromatic heterocycles. The Hall–Kier alpha value is -2.04. The van der Waals surface area contributed by atoms with E-state index in [0.29, 0.717) is 17.7 Å². The minimum absolute atomic E-state index is 0.0344. The van der Waals surface area contributed by atoms with Crippen molar-refractivity contribution in [2.24, 2.45) is 0 Å². The summed E-state index contributed by atoms with van der Waals surface area (Å²) in [5.74, 6) is -0.458. The first-order valence-electron chi connectivity index (χ1n) is 5.14. The fourth-order valence-corrected chi connectivity index (χ4v) is 1.31. The molecule has 5 heteroatoms. The van der Waals surface area contributed by atoms with E-state index >= 15 is 0 Å². The van der Waals surface area contributed by atoms with Crippen molar-refractivity contribution >= 4 is 11.8 Å². The number of carbonyl (C=O) groups is 2. The maximum absolute atomic E-state index is 11.5. The van der Waals surface area contributed by atoms with Gasteiger partial charge in [-0.3, -0.25) is 4.79 Å². The third-order valence-electron chi connectivity index (χ3n) is 2.16. The number of carbonyl (C=O) groups excluding carboxylic acids is 1. The number of carboxylic acids is 1. The van der Waals surface area contributed by atoms with Crippen LogP contribution in [0, 0.1) is 0 Å². The van der Waals surface area contributed by atoms with Crippen LogP contribution in [0.1, 0.15) is 23.7 Å². The van der Waals surface area contributed by atoms with Gasteiger partial charge in [0, 0.05) is 12.0 Å². The molecule has 0 heterocycles. The Kier molecular flexibility index (Phi) is 4.51. The Morgan fingerprint density at radius 3 is 2.53 bits per heavy atom. The molecule has 1 N–H and O–H groups in total. The SMILES string of the molecule is CCC(=O)c1ccc(OC)c(OCC(=O)O)c1. The smallest absolute Gasteiger partial charge is 0.341 e. The van der Waals surface area contributed by atoms with Gasteiger partial charge in [-0.15, -0.1) is 0 Å². The number of hydrogen-bond acceptors (Lipinski definition) is 4. The van der Waals surface area contributed by atoms with Gasteiger partial charge < -0.3 is 14.6 Å². The van der Waals surface area contributed by atoms with Crippen molar-refractivity contribution in [3.63, 3.8) is 0 Å². The van der Waals surface area contributed by atoms with E-state index in [4.69, 9.17) is 14.6 Å². The highest BCUT2D eigenvalue weighted by molar-refractivity contribution is 5.96. The number of aliphatic carboxylic acids is 1. The summed E-state index contributed by atoms with van der Waals surface area (Å²) in [6.07, 6.45) is 0.380.